The van der Waals surface area contributed by atoms with Crippen LogP contribution in [0.25, 0.3) is 0 Å². The molecule has 0 aromatic heterocycles. The van der Waals surface area contributed by atoms with E-state index in [1.54, 1.807) is 6.07 Å². The molecular formula is C11H11ClN2O5S. The Hall–Kier alpha value is -1.66. The maximum atomic E-state index is 11.9. The van der Waals surface area contributed by atoms with Crippen LogP contribution in [0.5, 0.6) is 0 Å². The van der Waals surface area contributed by atoms with Crippen LogP contribution in [-0.4, -0.2) is 36.7 Å². The number of halogens is 1. The van der Waals surface area contributed by atoms with Gasteiger partial charge in [0.15, 0.2) is 5.60 Å². The minimum Gasteiger partial charge on any atom is -0.479 e. The second-order valence-corrected chi connectivity index (χ2v) is 6.33. The average Bonchev–Trinajstić information content (AvgIpc) is 2.37. The maximum Gasteiger partial charge on any atom is 0.336 e. The predicted molar refractivity (Wildman–Crippen MR) is 69.6 cm³/mol. The number of nitrogens with one attached hydrogen (secondary N) is 1. The summed E-state index contributed by atoms with van der Waals surface area (Å²) in [6, 6.07) is 5.19. The van der Waals surface area contributed by atoms with Crippen LogP contribution < -0.4 is 4.72 Å². The molecule has 0 saturated heterocycles. The standard InChI is InChI=1S/C11H11ClN2O5S/c1-11(17,10(15)16)6-14-20(18,19)8-2-3-9(12)7(4-8)5-13/h2-4,14,17H,6H2,1H3,(H,15,16). The molecule has 0 aliphatic rings. The number of benzene rings is 1. The fraction of sp³-hybridized carbons (Fsp3) is 0.273. The normalized spacial score (nSPS) is 14.3. The van der Waals surface area contributed by atoms with E-state index in [2.05, 4.69) is 0 Å². The third-order valence-electron chi connectivity index (χ3n) is 2.44. The van der Waals surface area contributed by atoms with Crippen LogP contribution in [0.15, 0.2) is 23.1 Å². The van der Waals surface area contributed by atoms with E-state index in [0.717, 1.165) is 13.0 Å². The van der Waals surface area contributed by atoms with E-state index in [1.807, 2.05) is 4.72 Å². The third-order valence-corrected chi connectivity index (χ3v) is 4.16. The van der Waals surface area contributed by atoms with Gasteiger partial charge in [0.05, 0.1) is 22.0 Å². The van der Waals surface area contributed by atoms with Gasteiger partial charge in [-0.2, -0.15) is 5.26 Å². The zero-order valence-electron chi connectivity index (χ0n) is 10.3. The van der Waals surface area contributed by atoms with Crippen LogP contribution in [-0.2, 0) is 14.8 Å². The van der Waals surface area contributed by atoms with Gasteiger partial charge in [-0.05, 0) is 25.1 Å². The van der Waals surface area contributed by atoms with Crippen LogP contribution in [0.3, 0.4) is 0 Å². The molecule has 0 radical (unpaired) electrons. The Morgan fingerprint density at radius 3 is 2.65 bits per heavy atom. The second kappa shape index (κ2) is 5.76. The first kappa shape index (κ1) is 16.4. The molecule has 0 aliphatic carbocycles. The number of hydrogen-bond acceptors (Lipinski definition) is 5. The lowest BCUT2D eigenvalue weighted by molar-refractivity contribution is -0.155. The topological polar surface area (TPSA) is 127 Å². The SMILES string of the molecule is CC(O)(CNS(=O)(=O)c1ccc(Cl)c(C#N)c1)C(=O)O. The van der Waals surface area contributed by atoms with Crippen molar-refractivity contribution < 1.29 is 23.4 Å². The highest BCUT2D eigenvalue weighted by Crippen LogP contribution is 2.19. The lowest BCUT2D eigenvalue weighted by atomic mass is 10.1. The second-order valence-electron chi connectivity index (χ2n) is 4.16. The Morgan fingerprint density at radius 2 is 2.15 bits per heavy atom. The quantitative estimate of drug-likeness (QED) is 0.717. The molecule has 0 fully saturated rings. The van der Waals surface area contributed by atoms with Crippen molar-refractivity contribution in [2.24, 2.45) is 0 Å². The Morgan fingerprint density at radius 1 is 1.55 bits per heavy atom. The minimum atomic E-state index is -4.06. The van der Waals surface area contributed by atoms with E-state index in [4.69, 9.17) is 22.0 Å². The summed E-state index contributed by atoms with van der Waals surface area (Å²) in [5, 5.41) is 27.0. The zero-order valence-corrected chi connectivity index (χ0v) is 11.9. The summed E-state index contributed by atoms with van der Waals surface area (Å²) in [5.41, 5.74) is -2.27. The minimum absolute atomic E-state index is 0.0282. The fourth-order valence-corrected chi connectivity index (χ4v) is 2.47. The van der Waals surface area contributed by atoms with Crippen molar-refractivity contribution in [3.63, 3.8) is 0 Å². The number of sulfonamides is 1. The van der Waals surface area contributed by atoms with Gasteiger partial charge in [0.25, 0.3) is 0 Å². The Bertz CT molecular complexity index is 679. The number of aliphatic carboxylic acids is 1. The van der Waals surface area contributed by atoms with Crippen molar-refractivity contribution in [2.75, 3.05) is 6.54 Å². The van der Waals surface area contributed by atoms with Gasteiger partial charge in [0.2, 0.25) is 10.0 Å². The van der Waals surface area contributed by atoms with E-state index < -0.39 is 28.1 Å². The molecule has 0 saturated carbocycles. The van der Waals surface area contributed by atoms with Gasteiger partial charge in [0, 0.05) is 0 Å². The molecule has 1 rings (SSSR count). The number of nitrogens with zero attached hydrogens (tertiary/aromatic N) is 1. The van der Waals surface area contributed by atoms with E-state index in [0.29, 0.717) is 0 Å². The lowest BCUT2D eigenvalue weighted by Gasteiger charge is -2.18. The van der Waals surface area contributed by atoms with Crippen LogP contribution in [0, 0.1) is 11.3 Å². The molecule has 7 nitrogen and oxygen atoms in total. The van der Waals surface area contributed by atoms with E-state index in [9.17, 15) is 18.3 Å². The number of carboxylic acids is 1. The fourth-order valence-electron chi connectivity index (χ4n) is 1.15. The number of carbonyl (C=O) groups is 1. The average molecular weight is 319 g/mol. The summed E-state index contributed by atoms with van der Waals surface area (Å²) in [4.78, 5) is 10.4. The Labute approximate surface area is 120 Å². The van der Waals surface area contributed by atoms with Crippen LogP contribution >= 0.6 is 11.6 Å². The van der Waals surface area contributed by atoms with Crippen molar-refractivity contribution in [3.05, 3.63) is 28.8 Å². The molecule has 108 valence electrons. The summed E-state index contributed by atoms with van der Waals surface area (Å²) < 4.78 is 25.8. The van der Waals surface area contributed by atoms with E-state index in [1.165, 1.54) is 12.1 Å². The van der Waals surface area contributed by atoms with Gasteiger partial charge in [-0.25, -0.2) is 17.9 Å². The van der Waals surface area contributed by atoms with Crippen LogP contribution in [0.4, 0.5) is 0 Å². The summed E-state index contributed by atoms with van der Waals surface area (Å²) in [6.45, 7) is 0.246. The summed E-state index contributed by atoms with van der Waals surface area (Å²) in [7, 11) is -4.06. The monoisotopic (exact) mass is 318 g/mol. The van der Waals surface area contributed by atoms with Gasteiger partial charge in [-0.3, -0.25) is 0 Å². The van der Waals surface area contributed by atoms with Gasteiger partial charge < -0.3 is 10.2 Å². The smallest absolute Gasteiger partial charge is 0.336 e. The third kappa shape index (κ3) is 3.68. The molecule has 0 aliphatic heterocycles. The molecule has 20 heavy (non-hydrogen) atoms. The molecule has 9 heteroatoms. The molecule has 3 N–H and O–H groups in total. The lowest BCUT2D eigenvalue weighted by Crippen LogP contribution is -2.46. The number of aliphatic hydroxyl groups is 1. The number of nitriles is 1. The zero-order chi connectivity index (χ0) is 15.6. The largest absolute Gasteiger partial charge is 0.479 e. The summed E-state index contributed by atoms with van der Waals surface area (Å²) in [6.07, 6.45) is 0. The Kier molecular flexibility index (Phi) is 4.73. The van der Waals surface area contributed by atoms with Crippen molar-refractivity contribution in [3.8, 4) is 6.07 Å². The van der Waals surface area contributed by atoms with Gasteiger partial charge in [-0.15, -0.1) is 0 Å². The maximum absolute atomic E-state index is 11.9. The van der Waals surface area contributed by atoms with E-state index in [-0.39, 0.29) is 15.5 Å². The molecule has 0 spiro atoms. The van der Waals surface area contributed by atoms with Crippen LogP contribution in [0.2, 0.25) is 5.02 Å². The van der Waals surface area contributed by atoms with Gasteiger partial charge in [-0.1, -0.05) is 11.6 Å². The van der Waals surface area contributed by atoms with E-state index >= 15 is 0 Å². The molecular weight excluding hydrogens is 308 g/mol. The van der Waals surface area contributed by atoms with Gasteiger partial charge in [0.1, 0.15) is 6.07 Å². The molecule has 1 atom stereocenters. The highest BCUT2D eigenvalue weighted by atomic mass is 35.5. The van der Waals surface area contributed by atoms with Crippen molar-refractivity contribution in [2.45, 2.75) is 17.4 Å². The first-order chi connectivity index (χ1) is 9.10. The molecule has 1 aromatic rings. The highest BCUT2D eigenvalue weighted by molar-refractivity contribution is 7.89. The molecule has 0 amide bonds. The highest BCUT2D eigenvalue weighted by Gasteiger charge is 2.31. The summed E-state index contributed by atoms with van der Waals surface area (Å²) >= 11 is 5.68. The van der Waals surface area contributed by atoms with Gasteiger partial charge >= 0.3 is 5.97 Å². The van der Waals surface area contributed by atoms with Crippen LogP contribution in [0.1, 0.15) is 12.5 Å². The van der Waals surface area contributed by atoms with Crippen molar-refractivity contribution in [1.29, 1.82) is 5.26 Å². The Balaban J connectivity index is 3.02. The van der Waals surface area contributed by atoms with Crippen molar-refractivity contribution >= 4 is 27.6 Å². The first-order valence-corrected chi connectivity index (χ1v) is 7.11. The first-order valence-electron chi connectivity index (χ1n) is 5.25. The number of rotatable bonds is 5. The molecule has 1 unspecified atom stereocenters. The summed E-state index contributed by atoms with van der Waals surface area (Å²) in [5.74, 6) is -1.56. The van der Waals surface area contributed by atoms with Crippen molar-refractivity contribution in [1.82, 2.24) is 4.72 Å². The number of carboxylic acid groups (broad SMARTS) is 1. The number of hydrogen-bond donors (Lipinski definition) is 3. The molecule has 0 heterocycles. The molecule has 1 aromatic carbocycles. The predicted octanol–water partition coefficient (Wildman–Crippen LogP) is 0.326. The molecule has 0 bridgehead atoms.